The SMILES string of the molecule is COc1ccc(C(=O)NCc2ccccc2Oc2ccccc2)cc1OC. The van der Waals surface area contributed by atoms with E-state index in [2.05, 4.69) is 5.32 Å². The maximum Gasteiger partial charge on any atom is 0.251 e. The van der Waals surface area contributed by atoms with Crippen LogP contribution in [-0.2, 0) is 6.54 Å². The van der Waals surface area contributed by atoms with Crippen LogP contribution >= 0.6 is 0 Å². The van der Waals surface area contributed by atoms with Gasteiger partial charge in [0.05, 0.1) is 14.2 Å². The number of rotatable bonds is 7. The first-order valence-corrected chi connectivity index (χ1v) is 8.52. The monoisotopic (exact) mass is 363 g/mol. The Balaban J connectivity index is 1.71. The lowest BCUT2D eigenvalue weighted by Crippen LogP contribution is -2.23. The minimum Gasteiger partial charge on any atom is -0.493 e. The molecule has 27 heavy (non-hydrogen) atoms. The molecule has 0 aliphatic rings. The van der Waals surface area contributed by atoms with Crippen molar-refractivity contribution in [2.24, 2.45) is 0 Å². The highest BCUT2D eigenvalue weighted by Gasteiger charge is 2.12. The van der Waals surface area contributed by atoms with Crippen LogP contribution in [0.5, 0.6) is 23.0 Å². The smallest absolute Gasteiger partial charge is 0.251 e. The van der Waals surface area contributed by atoms with E-state index < -0.39 is 0 Å². The van der Waals surface area contributed by atoms with Crippen molar-refractivity contribution in [2.75, 3.05) is 14.2 Å². The minimum absolute atomic E-state index is 0.203. The van der Waals surface area contributed by atoms with Crippen molar-refractivity contribution in [1.82, 2.24) is 5.32 Å². The Hall–Kier alpha value is -3.47. The number of ether oxygens (including phenoxy) is 3. The highest BCUT2D eigenvalue weighted by atomic mass is 16.5. The number of carbonyl (C=O) groups is 1. The lowest BCUT2D eigenvalue weighted by atomic mass is 10.1. The molecule has 0 unspecified atom stereocenters. The van der Waals surface area contributed by atoms with Crippen LogP contribution in [0, 0.1) is 0 Å². The summed E-state index contributed by atoms with van der Waals surface area (Å²) in [6.45, 7) is 0.343. The minimum atomic E-state index is -0.203. The molecule has 3 rings (SSSR count). The summed E-state index contributed by atoms with van der Waals surface area (Å²) in [4.78, 5) is 12.5. The second-order valence-corrected chi connectivity index (χ2v) is 5.78. The van der Waals surface area contributed by atoms with E-state index in [1.165, 1.54) is 7.11 Å². The fourth-order valence-corrected chi connectivity index (χ4v) is 2.62. The third-order valence-corrected chi connectivity index (χ3v) is 4.03. The highest BCUT2D eigenvalue weighted by molar-refractivity contribution is 5.94. The third-order valence-electron chi connectivity index (χ3n) is 4.03. The summed E-state index contributed by atoms with van der Waals surface area (Å²) in [5.74, 6) is 2.34. The highest BCUT2D eigenvalue weighted by Crippen LogP contribution is 2.28. The van der Waals surface area contributed by atoms with Crippen LogP contribution in [-0.4, -0.2) is 20.1 Å². The third kappa shape index (κ3) is 4.58. The Morgan fingerprint density at radius 3 is 2.26 bits per heavy atom. The van der Waals surface area contributed by atoms with Crippen LogP contribution < -0.4 is 19.5 Å². The largest absolute Gasteiger partial charge is 0.493 e. The number of hydrogen-bond acceptors (Lipinski definition) is 4. The average molecular weight is 363 g/mol. The van der Waals surface area contributed by atoms with Crippen molar-refractivity contribution in [3.05, 3.63) is 83.9 Å². The van der Waals surface area contributed by atoms with Crippen LogP contribution in [0.15, 0.2) is 72.8 Å². The van der Waals surface area contributed by atoms with E-state index in [9.17, 15) is 4.79 Å². The van der Waals surface area contributed by atoms with Crippen molar-refractivity contribution in [1.29, 1.82) is 0 Å². The average Bonchev–Trinajstić information content (AvgIpc) is 2.73. The molecule has 0 saturated carbocycles. The van der Waals surface area contributed by atoms with Crippen LogP contribution in [0.25, 0.3) is 0 Å². The summed E-state index contributed by atoms with van der Waals surface area (Å²) >= 11 is 0. The Morgan fingerprint density at radius 1 is 0.815 bits per heavy atom. The topological polar surface area (TPSA) is 56.8 Å². The van der Waals surface area contributed by atoms with Crippen LogP contribution in [0.4, 0.5) is 0 Å². The molecular formula is C22H21NO4. The Labute approximate surface area is 158 Å². The predicted octanol–water partition coefficient (Wildman–Crippen LogP) is 4.43. The molecule has 0 heterocycles. The summed E-state index contributed by atoms with van der Waals surface area (Å²) in [5.41, 5.74) is 1.38. The van der Waals surface area contributed by atoms with Gasteiger partial charge in [0.25, 0.3) is 5.91 Å². The molecule has 1 N–H and O–H groups in total. The molecule has 0 aliphatic heterocycles. The first-order chi connectivity index (χ1) is 13.2. The van der Waals surface area contributed by atoms with Gasteiger partial charge in [0.2, 0.25) is 0 Å². The van der Waals surface area contributed by atoms with E-state index in [1.54, 1.807) is 25.3 Å². The van der Waals surface area contributed by atoms with Gasteiger partial charge in [-0.1, -0.05) is 36.4 Å². The van der Waals surface area contributed by atoms with E-state index in [1.807, 2.05) is 54.6 Å². The van der Waals surface area contributed by atoms with Gasteiger partial charge in [-0.05, 0) is 36.4 Å². The van der Waals surface area contributed by atoms with Gasteiger partial charge in [0, 0.05) is 17.7 Å². The first kappa shape index (κ1) is 18.3. The molecule has 0 saturated heterocycles. The summed E-state index contributed by atoms with van der Waals surface area (Å²) in [5, 5.41) is 2.91. The zero-order valence-electron chi connectivity index (χ0n) is 15.3. The van der Waals surface area contributed by atoms with Gasteiger partial charge in [-0.2, -0.15) is 0 Å². The number of benzene rings is 3. The van der Waals surface area contributed by atoms with Crippen LogP contribution in [0.3, 0.4) is 0 Å². The van der Waals surface area contributed by atoms with E-state index in [-0.39, 0.29) is 5.91 Å². The zero-order valence-corrected chi connectivity index (χ0v) is 15.3. The summed E-state index contributed by atoms with van der Waals surface area (Å²) in [6.07, 6.45) is 0. The number of nitrogens with one attached hydrogen (secondary N) is 1. The van der Waals surface area contributed by atoms with Crippen molar-refractivity contribution < 1.29 is 19.0 Å². The molecule has 0 atom stereocenters. The quantitative estimate of drug-likeness (QED) is 0.675. The van der Waals surface area contributed by atoms with Crippen LogP contribution in [0.2, 0.25) is 0 Å². The van der Waals surface area contributed by atoms with E-state index in [0.717, 1.165) is 11.3 Å². The van der Waals surface area contributed by atoms with Gasteiger partial charge in [-0.15, -0.1) is 0 Å². The summed E-state index contributed by atoms with van der Waals surface area (Å²) < 4.78 is 16.4. The maximum absolute atomic E-state index is 12.5. The number of para-hydroxylation sites is 2. The van der Waals surface area contributed by atoms with Crippen LogP contribution in [0.1, 0.15) is 15.9 Å². The van der Waals surface area contributed by atoms with E-state index >= 15 is 0 Å². The normalized spacial score (nSPS) is 10.1. The number of hydrogen-bond donors (Lipinski definition) is 1. The van der Waals surface area contributed by atoms with Gasteiger partial charge in [0.15, 0.2) is 11.5 Å². The Bertz CT molecular complexity index is 909. The van der Waals surface area contributed by atoms with Gasteiger partial charge >= 0.3 is 0 Å². The second kappa shape index (κ2) is 8.76. The Morgan fingerprint density at radius 2 is 1.52 bits per heavy atom. The molecule has 0 bridgehead atoms. The van der Waals surface area contributed by atoms with Gasteiger partial charge in [-0.25, -0.2) is 0 Å². The molecule has 1 amide bonds. The molecule has 0 spiro atoms. The maximum atomic E-state index is 12.5. The van der Waals surface area contributed by atoms with E-state index in [0.29, 0.717) is 29.4 Å². The lowest BCUT2D eigenvalue weighted by molar-refractivity contribution is 0.0950. The van der Waals surface area contributed by atoms with Crippen molar-refractivity contribution in [2.45, 2.75) is 6.54 Å². The van der Waals surface area contributed by atoms with Crippen molar-refractivity contribution in [3.63, 3.8) is 0 Å². The number of methoxy groups -OCH3 is 2. The van der Waals surface area contributed by atoms with Gasteiger partial charge in [-0.3, -0.25) is 4.79 Å². The second-order valence-electron chi connectivity index (χ2n) is 5.78. The molecule has 5 nitrogen and oxygen atoms in total. The van der Waals surface area contributed by atoms with E-state index in [4.69, 9.17) is 14.2 Å². The fraction of sp³-hybridized carbons (Fsp3) is 0.136. The zero-order chi connectivity index (χ0) is 19.1. The number of amides is 1. The fourth-order valence-electron chi connectivity index (χ4n) is 2.62. The molecule has 0 fully saturated rings. The molecular weight excluding hydrogens is 342 g/mol. The van der Waals surface area contributed by atoms with Crippen molar-refractivity contribution in [3.8, 4) is 23.0 Å². The Kier molecular flexibility index (Phi) is 5.94. The molecule has 0 aliphatic carbocycles. The summed E-state index contributed by atoms with van der Waals surface area (Å²) in [6, 6.07) is 22.2. The molecule has 0 radical (unpaired) electrons. The molecule has 3 aromatic rings. The molecule has 0 aromatic heterocycles. The number of carbonyl (C=O) groups excluding carboxylic acids is 1. The summed E-state index contributed by atoms with van der Waals surface area (Å²) in [7, 11) is 3.10. The van der Waals surface area contributed by atoms with Gasteiger partial charge in [0.1, 0.15) is 11.5 Å². The molecule has 5 heteroatoms. The lowest BCUT2D eigenvalue weighted by Gasteiger charge is -2.13. The molecule has 138 valence electrons. The van der Waals surface area contributed by atoms with Crippen molar-refractivity contribution >= 4 is 5.91 Å². The van der Waals surface area contributed by atoms with Gasteiger partial charge < -0.3 is 19.5 Å². The standard InChI is InChI=1S/C22H21NO4/c1-25-20-13-12-16(14-21(20)26-2)22(24)23-15-17-8-6-7-11-19(17)27-18-9-4-3-5-10-18/h3-14H,15H2,1-2H3,(H,23,24). The first-order valence-electron chi connectivity index (χ1n) is 8.52. The molecule has 3 aromatic carbocycles. The predicted molar refractivity (Wildman–Crippen MR) is 104 cm³/mol.